The first-order chi connectivity index (χ1) is 12.7. The molecule has 0 spiro atoms. The molecule has 0 aliphatic carbocycles. The summed E-state index contributed by atoms with van der Waals surface area (Å²) in [5.41, 5.74) is 1.94. The molecule has 0 fully saturated rings. The molecule has 0 unspecified atom stereocenters. The number of rotatable bonds is 3. The summed E-state index contributed by atoms with van der Waals surface area (Å²) in [5.74, 6) is 0.881. The third-order valence-electron chi connectivity index (χ3n) is 4.01. The number of esters is 1. The van der Waals surface area contributed by atoms with E-state index in [9.17, 15) is 9.90 Å². The molecular formula is C22H15O4+. The number of carbonyl (C=O) groups excluding carboxylic acids is 1. The van der Waals surface area contributed by atoms with E-state index in [0.717, 1.165) is 5.56 Å². The van der Waals surface area contributed by atoms with Crippen molar-refractivity contribution in [3.8, 4) is 22.8 Å². The van der Waals surface area contributed by atoms with Gasteiger partial charge in [0.2, 0.25) is 0 Å². The molecule has 3 aromatic carbocycles. The Morgan fingerprint density at radius 3 is 2.35 bits per heavy atom. The first-order valence-corrected chi connectivity index (χ1v) is 8.13. The Kier molecular flexibility index (Phi) is 4.07. The van der Waals surface area contributed by atoms with Crippen LogP contribution in [0, 0.1) is 0 Å². The van der Waals surface area contributed by atoms with Crippen molar-refractivity contribution in [2.24, 2.45) is 0 Å². The van der Waals surface area contributed by atoms with Crippen LogP contribution in [0.5, 0.6) is 11.5 Å². The molecule has 1 aromatic heterocycles. The van der Waals surface area contributed by atoms with Crippen molar-refractivity contribution in [2.75, 3.05) is 0 Å². The Hall–Kier alpha value is -3.66. The maximum Gasteiger partial charge on any atom is 0.364 e. The van der Waals surface area contributed by atoms with Crippen molar-refractivity contribution >= 4 is 16.9 Å². The zero-order valence-electron chi connectivity index (χ0n) is 13.8. The molecule has 0 aliphatic heterocycles. The molecule has 0 saturated heterocycles. The molecular weight excluding hydrogens is 328 g/mol. The normalized spacial score (nSPS) is 10.6. The number of hydrogen-bond acceptors (Lipinski definition) is 3. The lowest BCUT2D eigenvalue weighted by Gasteiger charge is -2.05. The smallest absolute Gasteiger partial charge is 0.364 e. The number of aromatic hydroxyl groups is 1. The number of hydrogen-bond donors (Lipinski definition) is 1. The average molecular weight is 343 g/mol. The van der Waals surface area contributed by atoms with E-state index in [-0.39, 0.29) is 5.75 Å². The summed E-state index contributed by atoms with van der Waals surface area (Å²) in [6, 6.07) is 24.6. The van der Waals surface area contributed by atoms with Gasteiger partial charge in [-0.3, -0.25) is 0 Å². The molecule has 126 valence electrons. The highest BCUT2D eigenvalue weighted by atomic mass is 16.5. The van der Waals surface area contributed by atoms with Gasteiger partial charge >= 0.3 is 17.3 Å². The van der Waals surface area contributed by atoms with Gasteiger partial charge in [-0.05, 0) is 54.6 Å². The maximum absolute atomic E-state index is 12.3. The van der Waals surface area contributed by atoms with Crippen LogP contribution in [-0.2, 0) is 0 Å². The molecule has 4 rings (SSSR count). The van der Waals surface area contributed by atoms with Crippen LogP contribution in [-0.4, -0.2) is 11.1 Å². The summed E-state index contributed by atoms with van der Waals surface area (Å²) in [6.07, 6.45) is 0. The van der Waals surface area contributed by atoms with Crippen molar-refractivity contribution in [1.82, 2.24) is 0 Å². The van der Waals surface area contributed by atoms with Gasteiger partial charge in [-0.1, -0.05) is 18.2 Å². The fourth-order valence-corrected chi connectivity index (χ4v) is 2.69. The molecule has 0 amide bonds. The van der Waals surface area contributed by atoms with E-state index in [1.165, 1.54) is 0 Å². The van der Waals surface area contributed by atoms with Crippen molar-refractivity contribution in [1.29, 1.82) is 0 Å². The fourth-order valence-electron chi connectivity index (χ4n) is 2.69. The van der Waals surface area contributed by atoms with Crippen molar-refractivity contribution in [3.05, 3.63) is 90.5 Å². The van der Waals surface area contributed by atoms with E-state index in [4.69, 9.17) is 9.15 Å². The van der Waals surface area contributed by atoms with Crippen LogP contribution in [0.25, 0.3) is 22.3 Å². The third kappa shape index (κ3) is 3.13. The summed E-state index contributed by atoms with van der Waals surface area (Å²) < 4.78 is 11.5. The molecule has 0 saturated carbocycles. The minimum absolute atomic E-state index is 0.199. The standard InChI is InChI=1S/C22H14O4/c23-17-11-9-15(10-12-17)19-14-13-18-20(25-19)7-4-8-21(18)26-22(24)16-5-2-1-3-6-16/h1-14H/p+1. The lowest BCUT2D eigenvalue weighted by atomic mass is 10.1. The van der Waals surface area contributed by atoms with Crippen LogP contribution in [0.1, 0.15) is 10.4 Å². The number of benzene rings is 3. The second-order valence-electron chi connectivity index (χ2n) is 5.77. The number of phenolic OH excluding ortho intramolecular Hbond substituents is 1. The second-order valence-corrected chi connectivity index (χ2v) is 5.77. The Labute approximate surface area is 149 Å². The van der Waals surface area contributed by atoms with Crippen LogP contribution < -0.4 is 4.74 Å². The van der Waals surface area contributed by atoms with Crippen molar-refractivity contribution < 1.29 is 19.1 Å². The van der Waals surface area contributed by atoms with Crippen LogP contribution in [0.2, 0.25) is 0 Å². The molecule has 0 atom stereocenters. The molecule has 4 aromatic rings. The molecule has 4 nitrogen and oxygen atoms in total. The average Bonchev–Trinajstić information content (AvgIpc) is 2.69. The van der Waals surface area contributed by atoms with Crippen LogP contribution in [0.15, 0.2) is 89.3 Å². The van der Waals surface area contributed by atoms with Gasteiger partial charge < -0.3 is 9.84 Å². The lowest BCUT2D eigenvalue weighted by Crippen LogP contribution is -2.08. The van der Waals surface area contributed by atoms with Gasteiger partial charge in [0, 0.05) is 12.1 Å². The van der Waals surface area contributed by atoms with Crippen LogP contribution >= 0.6 is 0 Å². The first-order valence-electron chi connectivity index (χ1n) is 8.13. The minimum Gasteiger partial charge on any atom is -0.508 e. The number of fused-ring (bicyclic) bond motifs is 1. The molecule has 0 bridgehead atoms. The molecule has 0 radical (unpaired) electrons. The Balaban J connectivity index is 1.69. The predicted octanol–water partition coefficient (Wildman–Crippen LogP) is 5.31. The van der Waals surface area contributed by atoms with Gasteiger partial charge in [0.25, 0.3) is 0 Å². The highest BCUT2D eigenvalue weighted by Crippen LogP contribution is 2.31. The zero-order valence-corrected chi connectivity index (χ0v) is 13.8. The quantitative estimate of drug-likeness (QED) is 0.311. The Bertz CT molecular complexity index is 1070. The second kappa shape index (κ2) is 6.69. The zero-order chi connectivity index (χ0) is 17.9. The lowest BCUT2D eigenvalue weighted by molar-refractivity contribution is 0.0737. The maximum atomic E-state index is 12.3. The Morgan fingerprint density at radius 1 is 0.808 bits per heavy atom. The van der Waals surface area contributed by atoms with Crippen molar-refractivity contribution in [2.45, 2.75) is 0 Å². The van der Waals surface area contributed by atoms with Gasteiger partial charge in [-0.2, -0.15) is 0 Å². The Morgan fingerprint density at radius 2 is 1.58 bits per heavy atom. The highest BCUT2D eigenvalue weighted by Gasteiger charge is 2.19. The number of carbonyl (C=O) groups is 1. The topological polar surface area (TPSA) is 57.8 Å². The summed E-state index contributed by atoms with van der Waals surface area (Å²) in [6.45, 7) is 0. The number of ether oxygens (including phenoxy) is 1. The van der Waals surface area contributed by atoms with Crippen LogP contribution in [0.4, 0.5) is 0 Å². The van der Waals surface area contributed by atoms with Gasteiger partial charge in [0.05, 0.1) is 11.1 Å². The first kappa shape index (κ1) is 15.8. The third-order valence-corrected chi connectivity index (χ3v) is 4.01. The SMILES string of the molecule is O=C(Oc1cccc2[o+]c(-c3ccc(O)cc3)ccc12)c1ccccc1. The molecule has 1 N–H and O–H groups in total. The van der Waals surface area contributed by atoms with Crippen molar-refractivity contribution in [3.63, 3.8) is 0 Å². The van der Waals surface area contributed by atoms with E-state index in [0.29, 0.717) is 28.0 Å². The predicted molar refractivity (Wildman–Crippen MR) is 99.1 cm³/mol. The molecule has 1 heterocycles. The van der Waals surface area contributed by atoms with E-state index in [2.05, 4.69) is 0 Å². The van der Waals surface area contributed by atoms with E-state index in [1.807, 2.05) is 24.3 Å². The van der Waals surface area contributed by atoms with Gasteiger partial charge in [-0.15, -0.1) is 0 Å². The van der Waals surface area contributed by atoms with E-state index in [1.54, 1.807) is 60.7 Å². The van der Waals surface area contributed by atoms with Gasteiger partial charge in [0.1, 0.15) is 16.9 Å². The summed E-state index contributed by atoms with van der Waals surface area (Å²) >= 11 is 0. The molecule has 26 heavy (non-hydrogen) atoms. The summed E-state index contributed by atoms with van der Waals surface area (Å²) in [7, 11) is 0. The molecule has 4 heteroatoms. The summed E-state index contributed by atoms with van der Waals surface area (Å²) in [4.78, 5) is 12.3. The van der Waals surface area contributed by atoms with Gasteiger partial charge in [-0.25, -0.2) is 9.21 Å². The van der Waals surface area contributed by atoms with E-state index >= 15 is 0 Å². The van der Waals surface area contributed by atoms with Gasteiger partial charge in [0.15, 0.2) is 0 Å². The van der Waals surface area contributed by atoms with E-state index < -0.39 is 5.97 Å². The highest BCUT2D eigenvalue weighted by molar-refractivity contribution is 5.94. The van der Waals surface area contributed by atoms with Crippen LogP contribution in [0.3, 0.4) is 0 Å². The monoisotopic (exact) mass is 343 g/mol. The molecule has 0 aliphatic rings. The number of phenols is 1. The minimum atomic E-state index is -0.416. The largest absolute Gasteiger partial charge is 0.508 e. The summed E-state index contributed by atoms with van der Waals surface area (Å²) in [5, 5.41) is 10.1. The fraction of sp³-hybridized carbons (Fsp3) is 0.